The van der Waals surface area contributed by atoms with Crippen LogP contribution in [0.2, 0.25) is 0 Å². The Balaban J connectivity index is 0. The molecule has 1 rings (SSSR count). The molecule has 0 unspecified atom stereocenters. The van der Waals surface area contributed by atoms with Gasteiger partial charge in [-0.15, -0.1) is 0 Å². The molecule has 0 atom stereocenters. The van der Waals surface area contributed by atoms with Crippen LogP contribution in [0.3, 0.4) is 0 Å². The van der Waals surface area contributed by atoms with Crippen molar-refractivity contribution in [2.24, 2.45) is 0 Å². The second-order valence-corrected chi connectivity index (χ2v) is 1.08. The van der Waals surface area contributed by atoms with E-state index < -0.39 is 0 Å². The van der Waals surface area contributed by atoms with Gasteiger partial charge < -0.3 is 0 Å². The summed E-state index contributed by atoms with van der Waals surface area (Å²) in [6.45, 7) is 0. The molecule has 1 radical (unpaired) electrons. The summed E-state index contributed by atoms with van der Waals surface area (Å²) >= 11 is 0. The Kier molecular flexibility index (Phi) is 14.8. The Hall–Kier alpha value is 0.254. The Morgan fingerprint density at radius 3 is 1.56 bits per heavy atom. The summed E-state index contributed by atoms with van der Waals surface area (Å²) in [6, 6.07) is 12.5. The molecule has 2 heteroatoms. The number of hydrogen-bond donors (Lipinski definition) is 0. The van der Waals surface area contributed by atoms with Crippen LogP contribution in [0, 0.1) is 6.07 Å². The summed E-state index contributed by atoms with van der Waals surface area (Å²) < 4.78 is 9.50. The molecule has 0 fully saturated rings. The van der Waals surface area contributed by atoms with Crippen molar-refractivity contribution >= 4 is 0 Å². The molecule has 0 bridgehead atoms. The number of benzene rings is 1. The zero-order valence-electron chi connectivity index (χ0n) is 5.34. The van der Waals surface area contributed by atoms with Crippen molar-refractivity contribution < 1.29 is 37.1 Å². The molecule has 1 aromatic rings. The van der Waals surface area contributed by atoms with Crippen LogP contribution in [0.25, 0.3) is 0 Å². The molecule has 0 spiro atoms. The van der Waals surface area contributed by atoms with Crippen LogP contribution in [0.5, 0.6) is 0 Å². The van der Waals surface area contributed by atoms with Gasteiger partial charge in [0.2, 0.25) is 0 Å². The van der Waals surface area contributed by atoms with E-state index in [9.17, 15) is 4.39 Å². The van der Waals surface area contributed by atoms with Gasteiger partial charge in [0.15, 0.2) is 0 Å². The number of rotatable bonds is 0. The van der Waals surface area contributed by atoms with Crippen molar-refractivity contribution in [3.8, 4) is 0 Å². The maximum atomic E-state index is 9.50. The summed E-state index contributed by atoms with van der Waals surface area (Å²) in [6.07, 6.45) is 0. The first-order valence-corrected chi connectivity index (χ1v) is 2.29. The first kappa shape index (κ1) is 12.0. The smallest absolute Gasteiger partial charge is 0.0785 e. The van der Waals surface area contributed by atoms with Gasteiger partial charge in [0.05, 0.1) is 7.18 Å². The van der Waals surface area contributed by atoms with Gasteiger partial charge in [-0.05, 0) is 0 Å². The third-order valence-corrected chi connectivity index (χ3v) is 0.607. The van der Waals surface area contributed by atoms with Gasteiger partial charge in [-0.25, -0.2) is 0 Å². The van der Waals surface area contributed by atoms with Crippen LogP contribution < -0.4 is 0 Å². The molecule has 0 heterocycles. The third-order valence-electron chi connectivity index (χ3n) is 0.607. The maximum absolute atomic E-state index is 9.50. The topological polar surface area (TPSA) is 0 Å². The van der Waals surface area contributed by atoms with E-state index in [1.165, 1.54) is 0 Å². The van der Waals surface area contributed by atoms with Gasteiger partial charge in [0, 0.05) is 32.7 Å². The first-order valence-electron chi connectivity index (χ1n) is 2.29. The van der Waals surface area contributed by atoms with E-state index in [-0.39, 0.29) is 32.7 Å². The predicted octanol–water partition coefficient (Wildman–Crippen LogP) is 2.07. The van der Waals surface area contributed by atoms with Crippen LogP contribution in [-0.4, -0.2) is 7.18 Å². The monoisotopic (exact) mass is 200 g/mol. The first-order chi connectivity index (χ1) is 4.00. The van der Waals surface area contributed by atoms with Gasteiger partial charge in [0.1, 0.15) is 0 Å². The molecule has 47 valence electrons. The van der Waals surface area contributed by atoms with Gasteiger partial charge in [0.25, 0.3) is 0 Å². The standard InChI is InChI=1S/C6H5.CH3F.Y/c1-2-4-6-5-3-1;1-2;/h1-5H;1H3;/q-1;;. The molecule has 1 aromatic carbocycles. The Morgan fingerprint density at radius 1 is 1.00 bits per heavy atom. The molecule has 0 aromatic heterocycles. The molecular formula is C7H8FY-. The summed E-state index contributed by atoms with van der Waals surface area (Å²) in [7, 11) is 0.500. The Bertz CT molecular complexity index is 80.8. The summed E-state index contributed by atoms with van der Waals surface area (Å²) in [4.78, 5) is 0. The van der Waals surface area contributed by atoms with Gasteiger partial charge >= 0.3 is 0 Å². The van der Waals surface area contributed by atoms with E-state index in [2.05, 4.69) is 6.07 Å². The molecule has 0 saturated heterocycles. The van der Waals surface area contributed by atoms with Crippen LogP contribution >= 0.6 is 0 Å². The van der Waals surface area contributed by atoms with Crippen molar-refractivity contribution in [1.82, 2.24) is 0 Å². The van der Waals surface area contributed by atoms with Gasteiger partial charge in [-0.1, -0.05) is 0 Å². The predicted molar refractivity (Wildman–Crippen MR) is 32.3 cm³/mol. The van der Waals surface area contributed by atoms with Crippen molar-refractivity contribution in [2.45, 2.75) is 0 Å². The third kappa shape index (κ3) is 8.25. The minimum absolute atomic E-state index is 0. The summed E-state index contributed by atoms with van der Waals surface area (Å²) in [5.74, 6) is 0. The van der Waals surface area contributed by atoms with E-state index in [0.717, 1.165) is 0 Å². The molecule has 0 amide bonds. The summed E-state index contributed by atoms with van der Waals surface area (Å²) in [5.41, 5.74) is 0. The van der Waals surface area contributed by atoms with Crippen LogP contribution in [0.4, 0.5) is 4.39 Å². The molecule has 0 nitrogen and oxygen atoms in total. The maximum Gasteiger partial charge on any atom is 0.0785 e. The van der Waals surface area contributed by atoms with Crippen LogP contribution in [0.15, 0.2) is 30.3 Å². The Morgan fingerprint density at radius 2 is 1.44 bits per heavy atom. The summed E-state index contributed by atoms with van der Waals surface area (Å²) in [5, 5.41) is 0. The van der Waals surface area contributed by atoms with Crippen molar-refractivity contribution in [3.05, 3.63) is 36.4 Å². The van der Waals surface area contributed by atoms with E-state index >= 15 is 0 Å². The zero-order valence-corrected chi connectivity index (χ0v) is 8.18. The Labute approximate surface area is 80.4 Å². The number of hydrogen-bond acceptors (Lipinski definition) is 0. The minimum atomic E-state index is 0. The fourth-order valence-electron chi connectivity index (χ4n) is 0.342. The molecule has 9 heavy (non-hydrogen) atoms. The van der Waals surface area contributed by atoms with E-state index in [4.69, 9.17) is 0 Å². The number of alkyl halides is 1. The van der Waals surface area contributed by atoms with Gasteiger partial charge in [-0.3, -0.25) is 4.39 Å². The van der Waals surface area contributed by atoms with Crippen molar-refractivity contribution in [2.75, 3.05) is 7.18 Å². The molecular weight excluding hydrogens is 192 g/mol. The molecule has 0 aliphatic carbocycles. The fraction of sp³-hybridized carbons (Fsp3) is 0.143. The molecule has 0 N–H and O–H groups in total. The average Bonchev–Trinajstić information content (AvgIpc) is 1.96. The molecule has 0 aliphatic heterocycles. The van der Waals surface area contributed by atoms with Crippen molar-refractivity contribution in [3.63, 3.8) is 0 Å². The molecule has 0 saturated carbocycles. The van der Waals surface area contributed by atoms with Crippen molar-refractivity contribution in [1.29, 1.82) is 0 Å². The van der Waals surface area contributed by atoms with E-state index in [0.29, 0.717) is 7.18 Å². The second kappa shape index (κ2) is 11.1. The number of halogens is 1. The average molecular weight is 200 g/mol. The normalized spacial score (nSPS) is 6.00. The second-order valence-electron chi connectivity index (χ2n) is 1.08. The van der Waals surface area contributed by atoms with Crippen LogP contribution in [0.1, 0.15) is 0 Å². The quantitative estimate of drug-likeness (QED) is 0.562. The largest absolute Gasteiger partial charge is 0.255 e. The van der Waals surface area contributed by atoms with Crippen LogP contribution in [-0.2, 0) is 32.7 Å². The van der Waals surface area contributed by atoms with Gasteiger partial charge in [-0.2, -0.15) is 36.4 Å². The molecule has 0 aliphatic rings. The van der Waals surface area contributed by atoms with E-state index in [1.807, 2.05) is 30.3 Å². The SMILES string of the molecule is CF.[Y].[c-]1ccccc1. The minimum Gasteiger partial charge on any atom is -0.255 e. The van der Waals surface area contributed by atoms with E-state index in [1.54, 1.807) is 0 Å². The fourth-order valence-corrected chi connectivity index (χ4v) is 0.342. The zero-order chi connectivity index (χ0) is 6.24.